The van der Waals surface area contributed by atoms with Gasteiger partial charge >= 0.3 is 0 Å². The number of anilines is 1. The lowest BCUT2D eigenvalue weighted by molar-refractivity contribution is 0.0391. The molecule has 2 heterocycles. The van der Waals surface area contributed by atoms with Gasteiger partial charge in [0.2, 0.25) is 0 Å². The molecule has 0 atom stereocenters. The third-order valence-corrected chi connectivity index (χ3v) is 8.40. The fourth-order valence-corrected chi connectivity index (χ4v) is 6.18. The van der Waals surface area contributed by atoms with Gasteiger partial charge in [-0.05, 0) is 35.4 Å². The van der Waals surface area contributed by atoms with Gasteiger partial charge in [-0.2, -0.15) is 0 Å². The van der Waals surface area contributed by atoms with Gasteiger partial charge in [0.05, 0.1) is 22.8 Å². The van der Waals surface area contributed by atoms with Crippen molar-refractivity contribution in [2.45, 2.75) is 4.90 Å². The molecule has 0 aliphatic carbocycles. The number of para-hydroxylation sites is 1. The average Bonchev–Trinajstić information content (AvgIpc) is 3.33. The summed E-state index contributed by atoms with van der Waals surface area (Å²) in [6.07, 6.45) is 1.18. The smallest absolute Gasteiger partial charge is 0.260 e. The number of ether oxygens (including phenoxy) is 1. The van der Waals surface area contributed by atoms with Gasteiger partial charge in [-0.3, -0.25) is 14.6 Å². The van der Waals surface area contributed by atoms with Crippen molar-refractivity contribution < 1.29 is 17.9 Å². The highest BCUT2D eigenvalue weighted by molar-refractivity contribution is 7.91. The summed E-state index contributed by atoms with van der Waals surface area (Å²) in [5.74, 6) is -0.164. The maximum atomic E-state index is 13.8. The Hall–Kier alpha value is -2.82. The zero-order chi connectivity index (χ0) is 25.1. The van der Waals surface area contributed by atoms with Gasteiger partial charge in [-0.1, -0.05) is 59.9 Å². The number of carbonyl (C=O) groups is 1. The number of fused-ring (bicyclic) bond motifs is 1. The summed E-state index contributed by atoms with van der Waals surface area (Å²) in [6.45, 7) is 4.08. The highest BCUT2D eigenvalue weighted by Gasteiger charge is 2.24. The lowest BCUT2D eigenvalue weighted by Gasteiger charge is -2.29. The van der Waals surface area contributed by atoms with E-state index in [0.29, 0.717) is 42.5 Å². The van der Waals surface area contributed by atoms with Crippen LogP contribution in [0, 0.1) is 0 Å². The van der Waals surface area contributed by atoms with Crippen LogP contribution in [0.1, 0.15) is 10.4 Å². The Labute approximate surface area is 227 Å². The highest BCUT2D eigenvalue weighted by Crippen LogP contribution is 2.33. The molecule has 5 rings (SSSR count). The molecule has 1 fully saturated rings. The van der Waals surface area contributed by atoms with E-state index in [1.54, 1.807) is 17.0 Å². The van der Waals surface area contributed by atoms with E-state index in [4.69, 9.17) is 4.74 Å². The lowest BCUT2D eigenvalue weighted by atomic mass is 10.0. The first-order valence-corrected chi connectivity index (χ1v) is 14.5. The van der Waals surface area contributed by atoms with Crippen molar-refractivity contribution in [3.8, 4) is 11.1 Å². The monoisotopic (exact) mass is 557 g/mol. The number of aromatic nitrogens is 1. The molecule has 10 heteroatoms. The second-order valence-corrected chi connectivity index (χ2v) is 11.7. The highest BCUT2D eigenvalue weighted by atomic mass is 35.5. The second kappa shape index (κ2) is 11.7. The van der Waals surface area contributed by atoms with E-state index in [2.05, 4.69) is 9.88 Å². The van der Waals surface area contributed by atoms with Crippen LogP contribution >= 0.6 is 23.7 Å². The van der Waals surface area contributed by atoms with Crippen molar-refractivity contribution in [1.29, 1.82) is 0 Å². The van der Waals surface area contributed by atoms with Gasteiger partial charge in [0, 0.05) is 38.0 Å². The molecular weight excluding hydrogens is 530 g/mol. The van der Waals surface area contributed by atoms with Gasteiger partial charge in [-0.15, -0.1) is 12.4 Å². The molecule has 1 aliphatic rings. The quantitative estimate of drug-likeness (QED) is 0.326. The number of hydrogen-bond donors (Lipinski definition) is 0. The normalized spacial score (nSPS) is 14.3. The van der Waals surface area contributed by atoms with E-state index in [1.165, 1.54) is 17.6 Å². The number of morpholine rings is 1. The zero-order valence-corrected chi connectivity index (χ0v) is 22.8. The summed E-state index contributed by atoms with van der Waals surface area (Å²) >= 11 is 1.33. The Bertz CT molecular complexity index is 1470. The number of amides is 1. The molecule has 194 valence electrons. The van der Waals surface area contributed by atoms with Gasteiger partial charge in [0.25, 0.3) is 5.91 Å². The first kappa shape index (κ1) is 27.2. The molecular formula is C27H28ClN3O4S2. The van der Waals surface area contributed by atoms with Crippen molar-refractivity contribution in [3.63, 3.8) is 0 Å². The van der Waals surface area contributed by atoms with Crippen LogP contribution in [0.15, 0.2) is 77.7 Å². The van der Waals surface area contributed by atoms with Crippen LogP contribution in [-0.4, -0.2) is 69.9 Å². The van der Waals surface area contributed by atoms with Gasteiger partial charge in [0.15, 0.2) is 15.0 Å². The summed E-state index contributed by atoms with van der Waals surface area (Å²) in [6, 6.07) is 22.7. The number of thiazole rings is 1. The topological polar surface area (TPSA) is 79.8 Å². The summed E-state index contributed by atoms with van der Waals surface area (Å²) in [4.78, 5) is 22.5. The largest absolute Gasteiger partial charge is 0.379 e. The van der Waals surface area contributed by atoms with E-state index in [0.717, 1.165) is 28.9 Å². The van der Waals surface area contributed by atoms with Crippen molar-refractivity contribution in [2.24, 2.45) is 0 Å². The number of halogens is 1. The van der Waals surface area contributed by atoms with Crippen molar-refractivity contribution in [3.05, 3.63) is 78.4 Å². The second-order valence-electron chi connectivity index (χ2n) is 8.73. The van der Waals surface area contributed by atoms with Gasteiger partial charge < -0.3 is 4.74 Å². The molecule has 1 aromatic heterocycles. The Balaban J connectivity index is 0.00000320. The molecule has 0 spiro atoms. The summed E-state index contributed by atoms with van der Waals surface area (Å²) in [5, 5.41) is 0.492. The first-order valence-electron chi connectivity index (χ1n) is 11.8. The molecule has 7 nitrogen and oxygen atoms in total. The molecule has 0 radical (unpaired) electrons. The number of rotatable bonds is 7. The Morgan fingerprint density at radius 1 is 0.973 bits per heavy atom. The van der Waals surface area contributed by atoms with E-state index in [9.17, 15) is 13.2 Å². The van der Waals surface area contributed by atoms with Crippen LogP contribution in [0.5, 0.6) is 0 Å². The number of carbonyl (C=O) groups excluding carboxylic acids is 1. The van der Waals surface area contributed by atoms with Gasteiger partial charge in [-0.25, -0.2) is 13.4 Å². The molecule has 1 saturated heterocycles. The van der Waals surface area contributed by atoms with E-state index in [-0.39, 0.29) is 23.2 Å². The SMILES string of the molecule is CS(=O)(=O)c1cccc2sc(N(CCN3CCOCC3)C(=O)c3ccc(-c4ccccc4)cc3)nc12.Cl. The fraction of sp³-hybridized carbons (Fsp3) is 0.259. The van der Waals surface area contributed by atoms with Gasteiger partial charge in [0.1, 0.15) is 5.52 Å². The number of benzene rings is 3. The van der Waals surface area contributed by atoms with Crippen LogP contribution < -0.4 is 4.90 Å². The number of hydrogen-bond acceptors (Lipinski definition) is 7. The predicted octanol–water partition coefficient (Wildman–Crippen LogP) is 4.77. The van der Waals surface area contributed by atoms with Crippen molar-refractivity contribution in [1.82, 2.24) is 9.88 Å². The van der Waals surface area contributed by atoms with E-state index in [1.807, 2.05) is 60.7 Å². The minimum absolute atomic E-state index is 0. The molecule has 1 amide bonds. The molecule has 0 bridgehead atoms. The Morgan fingerprint density at radius 3 is 2.32 bits per heavy atom. The van der Waals surface area contributed by atoms with Crippen LogP contribution in [-0.2, 0) is 14.6 Å². The molecule has 0 N–H and O–H groups in total. The van der Waals surface area contributed by atoms with Crippen LogP contribution in [0.2, 0.25) is 0 Å². The maximum Gasteiger partial charge on any atom is 0.260 e. The predicted molar refractivity (Wildman–Crippen MR) is 151 cm³/mol. The third kappa shape index (κ3) is 6.19. The molecule has 0 unspecified atom stereocenters. The molecule has 4 aromatic rings. The number of sulfone groups is 1. The average molecular weight is 558 g/mol. The van der Waals surface area contributed by atoms with Crippen molar-refractivity contribution >= 4 is 54.8 Å². The summed E-state index contributed by atoms with van der Waals surface area (Å²) in [5.41, 5.74) is 3.08. The molecule has 3 aromatic carbocycles. The lowest BCUT2D eigenvalue weighted by Crippen LogP contribution is -2.43. The maximum absolute atomic E-state index is 13.8. The first-order chi connectivity index (χ1) is 17.4. The molecule has 37 heavy (non-hydrogen) atoms. The van der Waals surface area contributed by atoms with Crippen LogP contribution in [0.4, 0.5) is 5.13 Å². The minimum Gasteiger partial charge on any atom is -0.379 e. The minimum atomic E-state index is -3.46. The van der Waals surface area contributed by atoms with Crippen LogP contribution in [0.25, 0.3) is 21.3 Å². The van der Waals surface area contributed by atoms with E-state index < -0.39 is 9.84 Å². The fourth-order valence-electron chi connectivity index (χ4n) is 4.27. The van der Waals surface area contributed by atoms with E-state index >= 15 is 0 Å². The molecule has 0 saturated carbocycles. The number of nitrogens with zero attached hydrogens (tertiary/aromatic N) is 3. The van der Waals surface area contributed by atoms with Crippen LogP contribution in [0.3, 0.4) is 0 Å². The third-order valence-electron chi connectivity index (χ3n) is 6.23. The van der Waals surface area contributed by atoms with Crippen molar-refractivity contribution in [2.75, 3.05) is 50.5 Å². The Morgan fingerprint density at radius 2 is 1.65 bits per heavy atom. The standard InChI is InChI=1S/C27H27N3O4S2.ClH/c1-36(32,33)24-9-5-8-23-25(24)28-27(35-23)30(15-14-29-16-18-34-19-17-29)26(31)22-12-10-21(11-13-22)20-6-3-2-4-7-20;/h2-13H,14-19H2,1H3;1H. The zero-order valence-electron chi connectivity index (χ0n) is 20.4. The molecule has 1 aliphatic heterocycles. The summed E-state index contributed by atoms with van der Waals surface area (Å²) < 4.78 is 30.8. The Kier molecular flexibility index (Phi) is 8.61. The summed E-state index contributed by atoms with van der Waals surface area (Å²) in [7, 11) is -3.46.